The number of phosphoric ester groups is 1. The van der Waals surface area contributed by atoms with Crippen LogP contribution in [-0.4, -0.2) is 81.3 Å². The van der Waals surface area contributed by atoms with Crippen molar-refractivity contribution >= 4 is 32.4 Å². The van der Waals surface area contributed by atoms with Gasteiger partial charge in [0.25, 0.3) is 5.56 Å². The average molecular weight is 615 g/mol. The molecule has 0 aromatic carbocycles. The number of aromatic amines is 1. The fourth-order valence-corrected chi connectivity index (χ4v) is 4.28. The van der Waals surface area contributed by atoms with Crippen molar-refractivity contribution in [3.8, 4) is 0 Å². The van der Waals surface area contributed by atoms with Gasteiger partial charge in [0.05, 0.1) is 6.61 Å². The van der Waals surface area contributed by atoms with Crippen LogP contribution in [0.3, 0.4) is 0 Å². The van der Waals surface area contributed by atoms with Crippen LogP contribution in [0.25, 0.3) is 0 Å². The van der Waals surface area contributed by atoms with Crippen molar-refractivity contribution in [3.05, 3.63) is 27.4 Å². The molecule has 2 heterocycles. The fraction of sp³-hybridized carbons (Fsp3) is 0.727. The van der Waals surface area contributed by atoms with Crippen LogP contribution in [0.4, 0.5) is 9.59 Å². The largest absolute Gasteiger partial charge is 0.510 e. The van der Waals surface area contributed by atoms with Crippen LogP contribution in [0, 0.1) is 4.77 Å². The van der Waals surface area contributed by atoms with Crippen molar-refractivity contribution in [3.63, 3.8) is 0 Å². The highest BCUT2D eigenvalue weighted by atomic mass is 32.1. The van der Waals surface area contributed by atoms with Gasteiger partial charge in [0.15, 0.2) is 11.0 Å². The number of aliphatic hydroxyl groups excluding tert-OH is 1. The van der Waals surface area contributed by atoms with E-state index < -0.39 is 81.1 Å². The molecule has 2 rings (SSSR count). The molecule has 1 unspecified atom stereocenters. The molecule has 1 aromatic heterocycles. The molecule has 0 radical (unpaired) electrons. The van der Waals surface area contributed by atoms with Crippen LogP contribution in [0.2, 0.25) is 0 Å². The summed E-state index contributed by atoms with van der Waals surface area (Å²) in [7, 11) is -4.68. The van der Waals surface area contributed by atoms with Crippen molar-refractivity contribution in [1.82, 2.24) is 9.55 Å². The first-order valence-electron chi connectivity index (χ1n) is 11.8. The van der Waals surface area contributed by atoms with E-state index in [0.717, 1.165) is 6.07 Å². The van der Waals surface area contributed by atoms with Crippen molar-refractivity contribution in [2.24, 2.45) is 0 Å². The maximum absolute atomic E-state index is 13.2. The minimum Gasteiger partial charge on any atom is -0.429 e. The molecular formula is C22H35N2O14PS. The molecule has 4 atom stereocenters. The zero-order valence-electron chi connectivity index (χ0n) is 23.1. The molecule has 0 aliphatic carbocycles. The molecule has 1 aliphatic rings. The van der Waals surface area contributed by atoms with Crippen LogP contribution in [0.5, 0.6) is 0 Å². The molecule has 16 nitrogen and oxygen atoms in total. The van der Waals surface area contributed by atoms with E-state index in [-0.39, 0.29) is 4.77 Å². The van der Waals surface area contributed by atoms with Gasteiger partial charge in [-0.05, 0) is 60.7 Å². The lowest BCUT2D eigenvalue weighted by Gasteiger charge is -2.28. The molecule has 18 heteroatoms. The van der Waals surface area contributed by atoms with Gasteiger partial charge in [0.1, 0.15) is 29.0 Å². The second kappa shape index (κ2) is 13.1. The third-order valence-electron chi connectivity index (χ3n) is 4.81. The number of aromatic nitrogens is 2. The summed E-state index contributed by atoms with van der Waals surface area (Å²) in [5.41, 5.74) is -4.20. The first kappa shape index (κ1) is 33.8. The summed E-state index contributed by atoms with van der Waals surface area (Å²) < 4.78 is 54.6. The first-order chi connectivity index (χ1) is 18.2. The predicted octanol–water partition coefficient (Wildman–Crippen LogP) is 2.89. The molecule has 0 bridgehead atoms. The SMILES string of the molecule is CC(C)(C)OC(=O)OCOP(=O)(OCOC(=O)OC(C)(C)C)OC[C@H]1O[C@@H](n2ccc(=O)[nH]c2=S)[C@](C)(O)C1O. The molecule has 1 aliphatic heterocycles. The van der Waals surface area contributed by atoms with Crippen molar-refractivity contribution in [2.75, 3.05) is 20.2 Å². The molecule has 1 saturated heterocycles. The third kappa shape index (κ3) is 10.2. The maximum atomic E-state index is 13.2. The standard InChI is InChI=1S/C22H35N2O14PS/c1-20(2,3)37-18(27)31-11-34-39(30,35-12-32-19(28)38-21(4,5)6)33-10-13-15(26)22(7,29)16(36-13)24-9-8-14(25)23-17(24)40/h8-9,13,15-16,26,29H,10-12H2,1-7H3,(H,23,25,40)/t13-,15?,16-,22-/m1/s1. The molecule has 3 N–H and O–H groups in total. The van der Waals surface area contributed by atoms with Gasteiger partial charge in [-0.1, -0.05) is 0 Å². The second-order valence-electron chi connectivity index (χ2n) is 10.7. The number of carbonyl (C=O) groups excluding carboxylic acids is 2. The number of nitrogens with one attached hydrogen (secondary N) is 1. The van der Waals surface area contributed by atoms with Crippen molar-refractivity contribution < 1.29 is 61.6 Å². The van der Waals surface area contributed by atoms with Crippen molar-refractivity contribution in [2.45, 2.75) is 83.7 Å². The lowest BCUT2D eigenvalue weighted by atomic mass is 9.96. The highest BCUT2D eigenvalue weighted by Crippen LogP contribution is 2.50. The van der Waals surface area contributed by atoms with E-state index in [2.05, 4.69) is 4.98 Å². The Morgan fingerprint density at radius 2 is 1.57 bits per heavy atom. The summed E-state index contributed by atoms with van der Waals surface area (Å²) >= 11 is 5.10. The normalized spacial score (nSPS) is 23.5. The minimum absolute atomic E-state index is 0.0949. The van der Waals surface area contributed by atoms with Gasteiger partial charge in [0.2, 0.25) is 13.6 Å². The summed E-state index contributed by atoms with van der Waals surface area (Å²) in [6.07, 6.45) is -5.25. The van der Waals surface area contributed by atoms with E-state index in [4.69, 9.17) is 49.5 Å². The average Bonchev–Trinajstić information content (AvgIpc) is 2.99. The number of H-pyrrole nitrogens is 1. The van der Waals surface area contributed by atoms with E-state index in [1.165, 1.54) is 17.7 Å². The summed E-state index contributed by atoms with van der Waals surface area (Å²) in [5, 5.41) is 21.6. The maximum Gasteiger partial charge on any atom is 0.510 e. The molecular weight excluding hydrogens is 579 g/mol. The molecule has 0 amide bonds. The van der Waals surface area contributed by atoms with Crippen LogP contribution in [0.1, 0.15) is 54.7 Å². The molecule has 228 valence electrons. The Labute approximate surface area is 235 Å². The van der Waals surface area contributed by atoms with Crippen LogP contribution < -0.4 is 5.56 Å². The predicted molar refractivity (Wildman–Crippen MR) is 137 cm³/mol. The van der Waals surface area contributed by atoms with Gasteiger partial charge >= 0.3 is 20.1 Å². The van der Waals surface area contributed by atoms with E-state index in [0.29, 0.717) is 0 Å². The monoisotopic (exact) mass is 614 g/mol. The Hall–Kier alpha value is -2.37. The number of carbonyl (C=O) groups is 2. The summed E-state index contributed by atoms with van der Waals surface area (Å²) in [6.45, 7) is 8.20. The Balaban J connectivity index is 2.11. The summed E-state index contributed by atoms with van der Waals surface area (Å²) in [6, 6.07) is 1.14. The number of rotatable bonds is 10. The van der Waals surface area contributed by atoms with Gasteiger partial charge in [-0.25, -0.2) is 23.2 Å². The van der Waals surface area contributed by atoms with E-state index in [1.54, 1.807) is 41.5 Å². The highest BCUT2D eigenvalue weighted by Gasteiger charge is 2.53. The second-order valence-corrected chi connectivity index (χ2v) is 12.7. The number of nitrogens with zero attached hydrogens (tertiary/aromatic N) is 1. The molecule has 0 saturated carbocycles. The molecule has 1 fully saturated rings. The van der Waals surface area contributed by atoms with Gasteiger partial charge in [-0.2, -0.15) is 0 Å². The molecule has 0 spiro atoms. The first-order valence-corrected chi connectivity index (χ1v) is 13.7. The Morgan fingerprint density at radius 1 is 1.07 bits per heavy atom. The summed E-state index contributed by atoms with van der Waals surface area (Å²) in [5.74, 6) is 0. The summed E-state index contributed by atoms with van der Waals surface area (Å²) in [4.78, 5) is 37.4. The number of phosphoric acid groups is 1. The Morgan fingerprint density at radius 3 is 2.02 bits per heavy atom. The van der Waals surface area contributed by atoms with Crippen LogP contribution in [0.15, 0.2) is 17.1 Å². The molecule has 40 heavy (non-hydrogen) atoms. The topological polar surface area (TPSA) is 203 Å². The van der Waals surface area contributed by atoms with Crippen LogP contribution >= 0.6 is 20.0 Å². The molecule has 1 aromatic rings. The zero-order valence-corrected chi connectivity index (χ0v) is 24.8. The lowest BCUT2D eigenvalue weighted by Crippen LogP contribution is -2.44. The van der Waals surface area contributed by atoms with Gasteiger partial charge < -0.3 is 33.9 Å². The number of ether oxygens (including phenoxy) is 5. The third-order valence-corrected chi connectivity index (χ3v) is 6.43. The Bertz CT molecular complexity index is 1160. The fourth-order valence-electron chi connectivity index (χ4n) is 3.10. The van der Waals surface area contributed by atoms with E-state index in [1.807, 2.05) is 0 Å². The van der Waals surface area contributed by atoms with E-state index >= 15 is 0 Å². The lowest BCUT2D eigenvalue weighted by molar-refractivity contribution is -0.0986. The van der Waals surface area contributed by atoms with Crippen LogP contribution in [-0.2, 0) is 41.8 Å². The minimum atomic E-state index is -4.68. The highest BCUT2D eigenvalue weighted by molar-refractivity contribution is 7.71. The number of hydrogen-bond donors (Lipinski definition) is 3. The zero-order chi connectivity index (χ0) is 30.5. The van der Waals surface area contributed by atoms with Crippen molar-refractivity contribution in [1.29, 1.82) is 0 Å². The van der Waals surface area contributed by atoms with E-state index in [9.17, 15) is 29.2 Å². The van der Waals surface area contributed by atoms with Gasteiger partial charge in [-0.3, -0.25) is 18.9 Å². The quantitative estimate of drug-likeness (QED) is 0.150. The number of aliphatic hydroxyl groups is 2. The smallest absolute Gasteiger partial charge is 0.429 e. The van der Waals surface area contributed by atoms with Gasteiger partial charge in [-0.15, -0.1) is 0 Å². The number of hydrogen-bond acceptors (Lipinski definition) is 15. The van der Waals surface area contributed by atoms with Gasteiger partial charge in [0, 0.05) is 12.3 Å². The Kier molecular flexibility index (Phi) is 11.1.